The van der Waals surface area contributed by atoms with Crippen LogP contribution in [0.5, 0.6) is 0 Å². The number of carbonyl (C=O) groups is 2. The van der Waals surface area contributed by atoms with E-state index in [1.54, 1.807) is 17.0 Å². The van der Waals surface area contributed by atoms with Crippen LogP contribution >= 0.6 is 0 Å². The van der Waals surface area contributed by atoms with Gasteiger partial charge in [-0.1, -0.05) is 30.3 Å². The van der Waals surface area contributed by atoms with Gasteiger partial charge in [-0.3, -0.25) is 9.69 Å². The van der Waals surface area contributed by atoms with Gasteiger partial charge in [0.2, 0.25) is 0 Å². The van der Waals surface area contributed by atoms with Crippen molar-refractivity contribution in [1.82, 2.24) is 9.80 Å². The Hall–Kier alpha value is -4.17. The number of anilines is 1. The molecular formula is C31H32FN3O4. The largest absolute Gasteiger partial charge is 0.456 e. The topological polar surface area (TPSA) is 75.0 Å². The van der Waals surface area contributed by atoms with Crippen molar-refractivity contribution in [3.8, 4) is 11.3 Å². The highest BCUT2D eigenvalue weighted by atomic mass is 19.1. The zero-order chi connectivity index (χ0) is 27.6. The Labute approximate surface area is 227 Å². The van der Waals surface area contributed by atoms with Gasteiger partial charge in [-0.05, 0) is 68.8 Å². The van der Waals surface area contributed by atoms with Gasteiger partial charge in [-0.15, -0.1) is 0 Å². The number of halogens is 1. The molecule has 0 saturated carbocycles. The zero-order valence-electron chi connectivity index (χ0n) is 22.4. The van der Waals surface area contributed by atoms with Crippen molar-refractivity contribution in [2.24, 2.45) is 0 Å². The maximum Gasteiger partial charge on any atom is 0.410 e. The quantitative estimate of drug-likeness (QED) is 0.318. The van der Waals surface area contributed by atoms with Gasteiger partial charge in [0.25, 0.3) is 5.91 Å². The molecule has 1 aromatic heterocycles. The first kappa shape index (κ1) is 26.4. The lowest BCUT2D eigenvalue weighted by Crippen LogP contribution is -2.49. The molecule has 5 rings (SSSR count). The van der Waals surface area contributed by atoms with Gasteiger partial charge in [0.15, 0.2) is 0 Å². The molecular weight excluding hydrogens is 497 g/mol. The predicted octanol–water partition coefficient (Wildman–Crippen LogP) is 6.54. The fourth-order valence-electron chi connectivity index (χ4n) is 4.68. The molecule has 0 bridgehead atoms. The molecule has 0 aliphatic carbocycles. The summed E-state index contributed by atoms with van der Waals surface area (Å²) < 4.78 is 25.4. The summed E-state index contributed by atoms with van der Waals surface area (Å²) in [4.78, 5) is 29.3. The highest BCUT2D eigenvalue weighted by molar-refractivity contribution is 6.06. The van der Waals surface area contributed by atoms with Crippen molar-refractivity contribution in [2.45, 2.75) is 32.9 Å². The lowest BCUT2D eigenvalue weighted by Gasteiger charge is -2.35. The number of nitrogens with one attached hydrogen (secondary N) is 1. The summed E-state index contributed by atoms with van der Waals surface area (Å²) in [5.74, 6) is -0.237. The number of ether oxygens (including phenoxy) is 1. The first-order valence-electron chi connectivity index (χ1n) is 13.0. The van der Waals surface area contributed by atoms with Gasteiger partial charge in [0.05, 0.1) is 5.69 Å². The fraction of sp³-hybridized carbons (Fsp3) is 0.290. The minimum Gasteiger partial charge on any atom is -0.456 e. The molecule has 7 nitrogen and oxygen atoms in total. The number of piperazine rings is 1. The van der Waals surface area contributed by atoms with E-state index >= 15 is 0 Å². The highest BCUT2D eigenvalue weighted by Gasteiger charge is 2.26. The first-order valence-corrected chi connectivity index (χ1v) is 13.0. The van der Waals surface area contributed by atoms with Gasteiger partial charge < -0.3 is 19.4 Å². The van der Waals surface area contributed by atoms with E-state index in [1.807, 2.05) is 57.2 Å². The third-order valence-electron chi connectivity index (χ3n) is 6.60. The number of nitrogens with zero attached hydrogens (tertiary/aromatic N) is 2. The first-order chi connectivity index (χ1) is 18.7. The molecule has 8 heteroatoms. The summed E-state index contributed by atoms with van der Waals surface area (Å²) in [5, 5.41) is 3.88. The maximum absolute atomic E-state index is 13.6. The molecule has 1 N–H and O–H groups in total. The Morgan fingerprint density at radius 1 is 0.949 bits per heavy atom. The average molecular weight is 530 g/mol. The van der Waals surface area contributed by atoms with Crippen LogP contribution in [0.3, 0.4) is 0 Å². The van der Waals surface area contributed by atoms with Crippen LogP contribution in [0.2, 0.25) is 0 Å². The molecule has 0 atom stereocenters. The van der Waals surface area contributed by atoms with E-state index in [2.05, 4.69) is 16.3 Å². The Morgan fingerprint density at radius 3 is 2.44 bits per heavy atom. The van der Waals surface area contributed by atoms with Crippen LogP contribution in [0.4, 0.5) is 14.9 Å². The number of furan rings is 1. The molecule has 4 aromatic rings. The van der Waals surface area contributed by atoms with Gasteiger partial charge >= 0.3 is 6.09 Å². The second-order valence-corrected chi connectivity index (χ2v) is 10.7. The number of para-hydroxylation sites is 1. The normalized spacial score (nSPS) is 14.4. The van der Waals surface area contributed by atoms with Gasteiger partial charge in [0, 0.05) is 49.2 Å². The van der Waals surface area contributed by atoms with Crippen LogP contribution in [0.1, 0.15) is 36.7 Å². The number of carbonyl (C=O) groups excluding carboxylic acids is 2. The number of hydrogen-bond acceptors (Lipinski definition) is 5. The van der Waals surface area contributed by atoms with E-state index in [0.717, 1.165) is 41.7 Å². The van der Waals surface area contributed by atoms with Gasteiger partial charge in [0.1, 0.15) is 22.8 Å². The van der Waals surface area contributed by atoms with Crippen molar-refractivity contribution < 1.29 is 23.1 Å². The number of hydrogen-bond donors (Lipinski definition) is 1. The van der Waals surface area contributed by atoms with E-state index in [1.165, 1.54) is 18.2 Å². The van der Waals surface area contributed by atoms with Crippen molar-refractivity contribution in [3.05, 3.63) is 89.7 Å². The lowest BCUT2D eigenvalue weighted by molar-refractivity contribution is 0.0139. The molecule has 2 amide bonds. The molecule has 3 aromatic carbocycles. The van der Waals surface area contributed by atoms with E-state index in [9.17, 15) is 14.0 Å². The molecule has 1 saturated heterocycles. The van der Waals surface area contributed by atoms with Crippen molar-refractivity contribution in [1.29, 1.82) is 0 Å². The van der Waals surface area contributed by atoms with Crippen molar-refractivity contribution in [3.63, 3.8) is 0 Å². The Balaban J connectivity index is 1.32. The molecule has 0 radical (unpaired) electrons. The minimum absolute atomic E-state index is 0.239. The Morgan fingerprint density at radius 2 is 1.69 bits per heavy atom. The van der Waals surface area contributed by atoms with Crippen LogP contribution in [-0.2, 0) is 11.3 Å². The van der Waals surface area contributed by atoms with E-state index < -0.39 is 17.3 Å². The third kappa shape index (κ3) is 6.29. The molecule has 0 unspecified atom stereocenters. The maximum atomic E-state index is 13.6. The van der Waals surface area contributed by atoms with E-state index in [-0.39, 0.29) is 11.7 Å². The number of rotatable bonds is 5. The molecule has 2 heterocycles. The number of amides is 2. The van der Waals surface area contributed by atoms with E-state index in [0.29, 0.717) is 24.5 Å². The molecule has 1 fully saturated rings. The summed E-state index contributed by atoms with van der Waals surface area (Å²) in [6, 6.07) is 21.0. The van der Waals surface area contributed by atoms with Crippen LogP contribution in [0, 0.1) is 5.82 Å². The summed E-state index contributed by atoms with van der Waals surface area (Å²) in [7, 11) is 0. The lowest BCUT2D eigenvalue weighted by atomic mass is 10.1. The fourth-order valence-corrected chi connectivity index (χ4v) is 4.68. The second kappa shape index (κ2) is 10.9. The van der Waals surface area contributed by atoms with Gasteiger partial charge in [-0.25, -0.2) is 9.18 Å². The number of benzene rings is 3. The zero-order valence-corrected chi connectivity index (χ0v) is 22.4. The summed E-state index contributed by atoms with van der Waals surface area (Å²) in [6.45, 7) is 9.05. The van der Waals surface area contributed by atoms with Crippen LogP contribution in [-0.4, -0.2) is 53.6 Å². The van der Waals surface area contributed by atoms with E-state index in [4.69, 9.17) is 9.15 Å². The average Bonchev–Trinajstić information content (AvgIpc) is 3.34. The summed E-state index contributed by atoms with van der Waals surface area (Å²) in [5.41, 5.74) is 2.91. The molecule has 0 spiro atoms. The van der Waals surface area contributed by atoms with Crippen LogP contribution < -0.4 is 5.32 Å². The van der Waals surface area contributed by atoms with Crippen molar-refractivity contribution in [2.75, 3.05) is 31.5 Å². The summed E-state index contributed by atoms with van der Waals surface area (Å²) in [6.07, 6.45) is -0.271. The summed E-state index contributed by atoms with van der Waals surface area (Å²) >= 11 is 0. The predicted molar refractivity (Wildman–Crippen MR) is 149 cm³/mol. The Kier molecular flexibility index (Phi) is 7.39. The minimum atomic E-state index is -0.510. The van der Waals surface area contributed by atoms with Crippen molar-refractivity contribution >= 4 is 28.7 Å². The Bertz CT molecular complexity index is 1500. The second-order valence-electron chi connectivity index (χ2n) is 10.7. The third-order valence-corrected chi connectivity index (χ3v) is 6.60. The standard InChI is InChI=1S/C31H32FN3O4/c1-31(2,3)39-30(37)35-16-14-34(15-17-35)20-22-9-7-13-27-25(22)19-28(38-27)24-11-4-5-12-26(24)33-29(36)21-8-6-10-23(32)18-21/h4-13,18-19H,14-17,20H2,1-3H3,(H,33,36). The molecule has 202 valence electrons. The van der Waals surface area contributed by atoms with Gasteiger partial charge in [-0.2, -0.15) is 0 Å². The smallest absolute Gasteiger partial charge is 0.410 e. The molecule has 1 aliphatic rings. The van der Waals surface area contributed by atoms with Crippen LogP contribution in [0.25, 0.3) is 22.3 Å². The molecule has 39 heavy (non-hydrogen) atoms. The SMILES string of the molecule is CC(C)(C)OC(=O)N1CCN(Cc2cccc3oc(-c4ccccc4NC(=O)c4cccc(F)c4)cc23)CC1. The molecule has 1 aliphatic heterocycles. The highest BCUT2D eigenvalue weighted by Crippen LogP contribution is 2.34. The number of fused-ring (bicyclic) bond motifs is 1. The monoisotopic (exact) mass is 529 g/mol. The van der Waals surface area contributed by atoms with Crippen LogP contribution in [0.15, 0.2) is 77.2 Å².